The van der Waals surface area contributed by atoms with Gasteiger partial charge in [0.15, 0.2) is 0 Å². The highest BCUT2D eigenvalue weighted by atomic mass is 32.1. The molecule has 0 bridgehead atoms. The van der Waals surface area contributed by atoms with E-state index in [2.05, 4.69) is 10.3 Å². The lowest BCUT2D eigenvalue weighted by Gasteiger charge is -2.34. The summed E-state index contributed by atoms with van der Waals surface area (Å²) in [6, 6.07) is 10.4. The van der Waals surface area contributed by atoms with Crippen molar-refractivity contribution < 1.29 is 23.1 Å². The first kappa shape index (κ1) is 23.3. The molecule has 3 heterocycles. The van der Waals surface area contributed by atoms with Crippen LogP contribution in [0, 0.1) is 0 Å². The summed E-state index contributed by atoms with van der Waals surface area (Å²) in [6.07, 6.45) is -3.93. The Morgan fingerprint density at radius 2 is 1.94 bits per heavy atom. The fraction of sp³-hybridized carbons (Fsp3) is 0.364. The number of aromatic nitrogens is 1. The third kappa shape index (κ3) is 4.90. The lowest BCUT2D eigenvalue weighted by Crippen LogP contribution is -2.44. The minimum atomic E-state index is -4.66. The van der Waals surface area contributed by atoms with Crippen molar-refractivity contribution in [2.24, 2.45) is 5.73 Å². The molecule has 1 fully saturated rings. The van der Waals surface area contributed by atoms with Gasteiger partial charge in [-0.15, -0.1) is 11.3 Å². The maximum Gasteiger partial charge on any atom is 0.417 e. The summed E-state index contributed by atoms with van der Waals surface area (Å²) in [5.74, 6) is -0.690. The van der Waals surface area contributed by atoms with Crippen LogP contribution >= 0.6 is 11.3 Å². The molecular weight excluding hydrogens is 455 g/mol. The Bertz CT molecular complexity index is 1140. The zero-order valence-corrected chi connectivity index (χ0v) is 18.4. The number of carbonyl (C=O) groups is 1. The van der Waals surface area contributed by atoms with Crippen molar-refractivity contribution >= 4 is 39.0 Å². The molecule has 1 saturated heterocycles. The minimum Gasteiger partial charge on any atom is -0.397 e. The highest BCUT2D eigenvalue weighted by molar-refractivity contribution is 7.21. The van der Waals surface area contributed by atoms with Gasteiger partial charge in [-0.2, -0.15) is 13.2 Å². The van der Waals surface area contributed by atoms with E-state index in [1.807, 2.05) is 30.3 Å². The highest BCUT2D eigenvalue weighted by Gasteiger charge is 2.37. The quantitative estimate of drug-likeness (QED) is 0.431. The largest absolute Gasteiger partial charge is 0.417 e. The maximum atomic E-state index is 13.8. The van der Waals surface area contributed by atoms with E-state index in [0.717, 1.165) is 23.0 Å². The molecule has 4 rings (SSSR count). The first-order chi connectivity index (χ1) is 15.6. The zero-order valence-electron chi connectivity index (χ0n) is 17.6. The summed E-state index contributed by atoms with van der Waals surface area (Å²) in [4.78, 5) is 17.7. The summed E-state index contributed by atoms with van der Waals surface area (Å²) in [5.41, 5.74) is 10.7. The molecule has 0 spiro atoms. The molecule has 0 aliphatic carbocycles. The minimum absolute atomic E-state index is 0.0392. The van der Waals surface area contributed by atoms with Crippen LogP contribution in [0.1, 0.15) is 39.7 Å². The number of amides is 1. The number of aliphatic hydroxyl groups excluding tert-OH is 1. The van der Waals surface area contributed by atoms with Crippen molar-refractivity contribution in [1.82, 2.24) is 10.3 Å². The molecule has 0 radical (unpaired) electrons. The Hall–Kier alpha value is -2.89. The predicted octanol–water partition coefficient (Wildman–Crippen LogP) is 3.29. The van der Waals surface area contributed by atoms with Crippen molar-refractivity contribution in [3.05, 3.63) is 52.4 Å². The Kier molecular flexibility index (Phi) is 6.46. The molecule has 1 aromatic carbocycles. The SMILES string of the molecule is NC(=O)c1sc2nc(N3CCC(NC[C@H](O)c4ccccc4)CC3)cc(C(F)(F)F)c2c1N. The number of anilines is 2. The molecule has 0 unspecified atom stereocenters. The average Bonchev–Trinajstić information content (AvgIpc) is 3.14. The number of hydrogen-bond acceptors (Lipinski definition) is 7. The third-order valence-corrected chi connectivity index (χ3v) is 6.93. The van der Waals surface area contributed by atoms with E-state index in [9.17, 15) is 23.1 Å². The highest BCUT2D eigenvalue weighted by Crippen LogP contribution is 2.43. The molecule has 7 nitrogen and oxygen atoms in total. The van der Waals surface area contributed by atoms with E-state index in [1.54, 1.807) is 4.90 Å². The number of benzene rings is 1. The number of nitrogen functional groups attached to an aromatic ring is 1. The molecular formula is C22H24F3N5O2S. The number of rotatable bonds is 6. The number of hydrogen-bond donors (Lipinski definition) is 4. The smallest absolute Gasteiger partial charge is 0.397 e. The van der Waals surface area contributed by atoms with Gasteiger partial charge in [0.25, 0.3) is 5.91 Å². The second-order valence-corrected chi connectivity index (χ2v) is 9.01. The molecule has 1 amide bonds. The number of pyridine rings is 1. The fourth-order valence-corrected chi connectivity index (χ4v) is 5.03. The van der Waals surface area contributed by atoms with Gasteiger partial charge in [-0.25, -0.2) is 4.98 Å². The number of halogens is 3. The summed E-state index contributed by atoms with van der Waals surface area (Å²) in [6.45, 7) is 1.39. The Balaban J connectivity index is 1.48. The number of fused-ring (bicyclic) bond motifs is 1. The number of aliphatic hydroxyl groups is 1. The van der Waals surface area contributed by atoms with E-state index in [-0.39, 0.29) is 32.6 Å². The standard InChI is InChI=1S/C22H24F3N5O2S/c23-22(24,25)14-10-16(29-21-17(14)18(26)19(33-21)20(27)32)30-8-6-13(7-9-30)28-11-15(31)12-4-2-1-3-5-12/h1-5,10,13,15,28,31H,6-9,11,26H2,(H2,27,32)/t15-/m0/s1. The summed E-state index contributed by atoms with van der Waals surface area (Å²) in [7, 11) is 0. The molecule has 2 aromatic heterocycles. The van der Waals surface area contributed by atoms with Crippen LogP contribution in [0.25, 0.3) is 10.2 Å². The van der Waals surface area contributed by atoms with Crippen LogP contribution in [0.4, 0.5) is 24.7 Å². The van der Waals surface area contributed by atoms with E-state index in [0.29, 0.717) is 32.5 Å². The molecule has 0 saturated carbocycles. The molecule has 1 atom stereocenters. The first-order valence-corrected chi connectivity index (χ1v) is 11.3. The zero-order chi connectivity index (χ0) is 23.8. The second kappa shape index (κ2) is 9.16. The average molecular weight is 480 g/mol. The Labute approximate surface area is 192 Å². The normalized spacial score (nSPS) is 16.3. The number of thiophene rings is 1. The molecule has 176 valence electrons. The predicted molar refractivity (Wildman–Crippen MR) is 122 cm³/mol. The van der Waals surface area contributed by atoms with Crippen LogP contribution in [-0.2, 0) is 6.18 Å². The first-order valence-electron chi connectivity index (χ1n) is 10.5. The van der Waals surface area contributed by atoms with Crippen LogP contribution in [0.15, 0.2) is 36.4 Å². The number of nitrogens with zero attached hydrogens (tertiary/aromatic N) is 2. The fourth-order valence-electron chi connectivity index (χ4n) is 4.06. The summed E-state index contributed by atoms with van der Waals surface area (Å²) in [5, 5.41) is 13.4. The van der Waals surface area contributed by atoms with Crippen molar-refractivity contribution in [1.29, 1.82) is 0 Å². The van der Waals surface area contributed by atoms with Crippen LogP contribution in [0.3, 0.4) is 0 Å². The van der Waals surface area contributed by atoms with Gasteiger partial charge in [-0.1, -0.05) is 30.3 Å². The molecule has 6 N–H and O–H groups in total. The Morgan fingerprint density at radius 3 is 2.55 bits per heavy atom. The van der Waals surface area contributed by atoms with Crippen LogP contribution in [0.2, 0.25) is 0 Å². The number of alkyl halides is 3. The lowest BCUT2D eigenvalue weighted by atomic mass is 10.0. The van der Waals surface area contributed by atoms with Crippen molar-refractivity contribution in [3.63, 3.8) is 0 Å². The third-order valence-electron chi connectivity index (χ3n) is 5.82. The number of carbonyl (C=O) groups excluding carboxylic acids is 1. The lowest BCUT2D eigenvalue weighted by molar-refractivity contribution is -0.136. The van der Waals surface area contributed by atoms with Crippen LogP contribution in [0.5, 0.6) is 0 Å². The van der Waals surface area contributed by atoms with Gasteiger partial charge in [0.05, 0.1) is 17.4 Å². The van der Waals surface area contributed by atoms with E-state index < -0.39 is 23.8 Å². The number of nitrogens with two attached hydrogens (primary N) is 2. The van der Waals surface area contributed by atoms with Crippen molar-refractivity contribution in [3.8, 4) is 0 Å². The second-order valence-electron chi connectivity index (χ2n) is 8.01. The van der Waals surface area contributed by atoms with Gasteiger partial charge in [-0.3, -0.25) is 4.79 Å². The summed E-state index contributed by atoms with van der Waals surface area (Å²) >= 11 is 0.773. The molecule has 33 heavy (non-hydrogen) atoms. The summed E-state index contributed by atoms with van der Waals surface area (Å²) < 4.78 is 41.4. The number of nitrogens with one attached hydrogen (secondary N) is 1. The molecule has 1 aliphatic rings. The van der Waals surface area contributed by atoms with Crippen molar-refractivity contribution in [2.75, 3.05) is 30.3 Å². The molecule has 11 heteroatoms. The maximum absolute atomic E-state index is 13.8. The van der Waals surface area contributed by atoms with Gasteiger partial charge < -0.3 is 26.8 Å². The van der Waals surface area contributed by atoms with Crippen LogP contribution in [-0.4, -0.2) is 41.7 Å². The van der Waals surface area contributed by atoms with Gasteiger partial charge in [-0.05, 0) is 24.5 Å². The van der Waals surface area contributed by atoms with E-state index in [1.165, 1.54) is 0 Å². The van der Waals surface area contributed by atoms with Crippen LogP contribution < -0.4 is 21.7 Å². The number of piperidine rings is 1. The Morgan fingerprint density at radius 1 is 1.27 bits per heavy atom. The molecule has 1 aliphatic heterocycles. The van der Waals surface area contributed by atoms with Crippen molar-refractivity contribution in [2.45, 2.75) is 31.2 Å². The van der Waals surface area contributed by atoms with Gasteiger partial charge in [0.1, 0.15) is 15.5 Å². The van der Waals surface area contributed by atoms with Gasteiger partial charge >= 0.3 is 6.18 Å². The van der Waals surface area contributed by atoms with E-state index in [4.69, 9.17) is 11.5 Å². The van der Waals surface area contributed by atoms with Gasteiger partial charge in [0.2, 0.25) is 0 Å². The molecule has 3 aromatic rings. The topological polar surface area (TPSA) is 118 Å². The van der Waals surface area contributed by atoms with E-state index >= 15 is 0 Å². The van der Waals surface area contributed by atoms with Gasteiger partial charge in [0, 0.05) is 31.1 Å². The monoisotopic (exact) mass is 479 g/mol. The number of primary amides is 1.